The number of hydrogen-bond acceptors (Lipinski definition) is 5. The average molecular weight is 722 g/mol. The zero-order valence-corrected chi connectivity index (χ0v) is 30.4. The monoisotopic (exact) mass is 721 g/mol. The maximum atomic E-state index is 6.86. The second kappa shape index (κ2) is 12.8. The van der Waals surface area contributed by atoms with Gasteiger partial charge in [-0.05, 0) is 59.0 Å². The molecule has 0 radical (unpaired) electrons. The molecule has 0 atom stereocenters. The van der Waals surface area contributed by atoms with Crippen LogP contribution in [-0.2, 0) is 0 Å². The minimum absolute atomic E-state index is 0.703. The van der Waals surface area contributed by atoms with Gasteiger partial charge in [-0.25, -0.2) is 9.97 Å². The Kier molecular flexibility index (Phi) is 7.32. The first-order valence-corrected chi connectivity index (χ1v) is 19.2. The summed E-state index contributed by atoms with van der Waals surface area (Å²) >= 11 is 1.83. The fraction of sp³-hybridized carbons (Fsp3) is 0. The molecule has 8 aromatic carbocycles. The lowest BCUT2D eigenvalue weighted by Crippen LogP contribution is -2.16. The molecule has 2 aromatic heterocycles. The maximum absolute atomic E-state index is 6.86. The van der Waals surface area contributed by atoms with Crippen LogP contribution >= 0.6 is 11.3 Å². The van der Waals surface area contributed by atoms with Crippen molar-refractivity contribution in [2.45, 2.75) is 0 Å². The quantitative estimate of drug-likeness (QED) is 0.177. The fourth-order valence-corrected chi connectivity index (χ4v) is 9.14. The summed E-state index contributed by atoms with van der Waals surface area (Å²) in [5.74, 6) is 2.42. The topological polar surface area (TPSA) is 38.2 Å². The van der Waals surface area contributed by atoms with Gasteiger partial charge in [0.1, 0.15) is 5.69 Å². The zero-order valence-electron chi connectivity index (χ0n) is 29.6. The Morgan fingerprint density at radius 1 is 0.455 bits per heavy atom. The Bertz CT molecular complexity index is 3030. The second-order valence-electron chi connectivity index (χ2n) is 13.8. The molecule has 0 N–H and O–H groups in total. The Morgan fingerprint density at radius 2 is 1.05 bits per heavy atom. The van der Waals surface area contributed by atoms with Crippen molar-refractivity contribution in [3.8, 4) is 56.5 Å². The third-order valence-electron chi connectivity index (χ3n) is 10.4. The van der Waals surface area contributed by atoms with E-state index in [-0.39, 0.29) is 0 Å². The summed E-state index contributed by atoms with van der Waals surface area (Å²) in [6, 6.07) is 65.9. The smallest absolute Gasteiger partial charge is 0.160 e. The highest BCUT2D eigenvalue weighted by atomic mass is 32.1. The largest absolute Gasteiger partial charge is 0.452 e. The SMILES string of the molecule is c1ccc(-c2cc(-c3cccc(-c4cccc(N5c6ccccc6Oc6c5c5sc7ccccc7c5c5ccccc65)c4)c3)nc(-c3ccccc3)n2)cc1. The van der Waals surface area contributed by atoms with Gasteiger partial charge in [0.25, 0.3) is 0 Å². The van der Waals surface area contributed by atoms with E-state index in [0.717, 1.165) is 73.2 Å². The van der Waals surface area contributed by atoms with Crippen LogP contribution in [0.25, 0.3) is 76.0 Å². The number of aromatic nitrogens is 2. The van der Waals surface area contributed by atoms with E-state index in [2.05, 4.69) is 150 Å². The van der Waals surface area contributed by atoms with Gasteiger partial charge >= 0.3 is 0 Å². The first-order valence-electron chi connectivity index (χ1n) is 18.4. The molecule has 0 saturated heterocycles. The van der Waals surface area contributed by atoms with Crippen LogP contribution in [0, 0.1) is 0 Å². The van der Waals surface area contributed by atoms with Crippen molar-refractivity contribution in [3.05, 3.63) is 188 Å². The van der Waals surface area contributed by atoms with E-state index in [1.165, 1.54) is 25.6 Å². The molecule has 0 fully saturated rings. The Hall–Kier alpha value is -7.08. The fourth-order valence-electron chi connectivity index (χ4n) is 7.89. The summed E-state index contributed by atoms with van der Waals surface area (Å²) in [7, 11) is 0. The van der Waals surface area contributed by atoms with Crippen molar-refractivity contribution in [1.82, 2.24) is 9.97 Å². The van der Waals surface area contributed by atoms with Gasteiger partial charge in [-0.2, -0.15) is 0 Å². The summed E-state index contributed by atoms with van der Waals surface area (Å²) in [4.78, 5) is 12.5. The number of thiophene rings is 1. The first kappa shape index (κ1) is 31.4. The molecule has 3 heterocycles. The van der Waals surface area contributed by atoms with Crippen molar-refractivity contribution in [3.63, 3.8) is 0 Å². The highest BCUT2D eigenvalue weighted by Gasteiger charge is 2.31. The van der Waals surface area contributed by atoms with Crippen molar-refractivity contribution in [2.24, 2.45) is 0 Å². The van der Waals surface area contributed by atoms with E-state index >= 15 is 0 Å². The molecule has 0 unspecified atom stereocenters. The van der Waals surface area contributed by atoms with Crippen LogP contribution in [0.1, 0.15) is 0 Å². The molecule has 0 amide bonds. The molecule has 55 heavy (non-hydrogen) atoms. The normalized spacial score (nSPS) is 12.1. The van der Waals surface area contributed by atoms with Gasteiger partial charge in [-0.3, -0.25) is 0 Å². The number of fused-ring (bicyclic) bond motifs is 9. The van der Waals surface area contributed by atoms with Gasteiger partial charge in [-0.1, -0.05) is 146 Å². The molecule has 0 saturated carbocycles. The van der Waals surface area contributed by atoms with Crippen LogP contribution in [0.15, 0.2) is 188 Å². The Morgan fingerprint density at radius 3 is 1.87 bits per heavy atom. The molecule has 10 aromatic rings. The van der Waals surface area contributed by atoms with Gasteiger partial charge < -0.3 is 9.64 Å². The van der Waals surface area contributed by atoms with Crippen molar-refractivity contribution in [2.75, 3.05) is 4.90 Å². The summed E-state index contributed by atoms with van der Waals surface area (Å²) in [5, 5.41) is 4.84. The zero-order chi connectivity index (χ0) is 36.3. The van der Waals surface area contributed by atoms with E-state index in [1.807, 2.05) is 53.8 Å². The number of para-hydroxylation sites is 2. The second-order valence-corrected chi connectivity index (χ2v) is 14.8. The molecule has 4 nitrogen and oxygen atoms in total. The third kappa shape index (κ3) is 5.28. The number of hydrogen-bond donors (Lipinski definition) is 0. The molecule has 11 rings (SSSR count). The molecule has 1 aliphatic rings. The predicted octanol–water partition coefficient (Wildman–Crippen LogP) is 14.2. The number of rotatable bonds is 5. The summed E-state index contributed by atoms with van der Waals surface area (Å²) < 4.78 is 9.33. The van der Waals surface area contributed by atoms with Crippen molar-refractivity contribution < 1.29 is 4.74 Å². The summed E-state index contributed by atoms with van der Waals surface area (Å²) in [6.45, 7) is 0. The average Bonchev–Trinajstić information content (AvgIpc) is 3.66. The van der Waals surface area contributed by atoms with Crippen molar-refractivity contribution >= 4 is 59.3 Å². The van der Waals surface area contributed by atoms with Crippen LogP contribution < -0.4 is 9.64 Å². The van der Waals surface area contributed by atoms with Gasteiger partial charge in [0, 0.05) is 43.2 Å². The number of nitrogens with zero attached hydrogens (tertiary/aromatic N) is 3. The number of benzene rings is 8. The molecule has 0 aliphatic carbocycles. The van der Waals surface area contributed by atoms with E-state index in [0.29, 0.717) is 5.82 Å². The molecule has 258 valence electrons. The van der Waals surface area contributed by atoms with Crippen LogP contribution in [0.5, 0.6) is 11.5 Å². The van der Waals surface area contributed by atoms with Crippen LogP contribution in [-0.4, -0.2) is 9.97 Å². The summed E-state index contributed by atoms with van der Waals surface area (Å²) in [6.07, 6.45) is 0. The Balaban J connectivity index is 1.08. The van der Waals surface area contributed by atoms with E-state index in [1.54, 1.807) is 0 Å². The van der Waals surface area contributed by atoms with Gasteiger partial charge in [0.2, 0.25) is 0 Å². The number of anilines is 3. The highest BCUT2D eigenvalue weighted by molar-refractivity contribution is 7.26. The van der Waals surface area contributed by atoms with E-state index in [9.17, 15) is 0 Å². The molecule has 5 heteroatoms. The minimum atomic E-state index is 0.703. The molecular weight excluding hydrogens is 691 g/mol. The van der Waals surface area contributed by atoms with Gasteiger partial charge in [0.05, 0.1) is 21.8 Å². The van der Waals surface area contributed by atoms with E-state index < -0.39 is 0 Å². The Labute approximate surface area is 322 Å². The number of ether oxygens (including phenoxy) is 1. The predicted molar refractivity (Wildman–Crippen MR) is 229 cm³/mol. The molecule has 1 aliphatic heterocycles. The third-order valence-corrected chi connectivity index (χ3v) is 11.6. The first-order chi connectivity index (χ1) is 27.3. The highest BCUT2D eigenvalue weighted by Crippen LogP contribution is 2.58. The maximum Gasteiger partial charge on any atom is 0.160 e. The molecular formula is C50H31N3OS. The van der Waals surface area contributed by atoms with Gasteiger partial charge in [0.15, 0.2) is 17.3 Å². The molecule has 0 spiro atoms. The van der Waals surface area contributed by atoms with Gasteiger partial charge in [-0.15, -0.1) is 11.3 Å². The summed E-state index contributed by atoms with van der Waals surface area (Å²) in [5.41, 5.74) is 10.2. The van der Waals surface area contributed by atoms with Crippen molar-refractivity contribution in [1.29, 1.82) is 0 Å². The lowest BCUT2D eigenvalue weighted by atomic mass is 9.98. The lowest BCUT2D eigenvalue weighted by Gasteiger charge is -2.34. The lowest BCUT2D eigenvalue weighted by molar-refractivity contribution is 0.483. The standard InChI is InChI=1S/C50H31N3OS/c1-3-15-32(16-4-1)41-31-42(52-50(51-41)33-17-5-2-6-18-33)36-21-13-19-34(29-36)35-20-14-22-37(30-35)53-43-26-10-11-27-44(43)54-48-39-24-8-7-23-38(39)46-40-25-9-12-28-45(40)55-49(46)47(48)53/h1-31H. The van der Waals surface area contributed by atoms with Crippen LogP contribution in [0.2, 0.25) is 0 Å². The molecule has 0 bridgehead atoms. The van der Waals surface area contributed by atoms with Crippen LogP contribution in [0.3, 0.4) is 0 Å². The van der Waals surface area contributed by atoms with Crippen LogP contribution in [0.4, 0.5) is 17.1 Å². The minimum Gasteiger partial charge on any atom is -0.452 e. The van der Waals surface area contributed by atoms with E-state index in [4.69, 9.17) is 14.7 Å².